The second-order valence-corrected chi connectivity index (χ2v) is 6.93. The molecule has 1 aliphatic carbocycles. The van der Waals surface area contributed by atoms with Crippen LogP contribution in [0.4, 0.5) is 10.1 Å². The van der Waals surface area contributed by atoms with E-state index in [1.807, 2.05) is 0 Å². The highest BCUT2D eigenvalue weighted by atomic mass is 19.1. The number of nitrogens with one attached hydrogen (secondary N) is 1. The van der Waals surface area contributed by atoms with Gasteiger partial charge in [-0.2, -0.15) is 0 Å². The van der Waals surface area contributed by atoms with E-state index in [9.17, 15) is 18.8 Å². The minimum atomic E-state index is -1.03. The molecule has 1 unspecified atom stereocenters. The first-order chi connectivity index (χ1) is 12.5. The van der Waals surface area contributed by atoms with E-state index in [1.54, 1.807) is 0 Å². The monoisotopic (exact) mass is 362 g/mol. The van der Waals surface area contributed by atoms with Crippen LogP contribution in [-0.4, -0.2) is 37.0 Å². The zero-order valence-corrected chi connectivity index (χ0v) is 14.8. The van der Waals surface area contributed by atoms with Gasteiger partial charge in [-0.05, 0) is 43.5 Å². The van der Waals surface area contributed by atoms with Crippen LogP contribution in [0.25, 0.3) is 0 Å². The average molecular weight is 362 g/mol. The van der Waals surface area contributed by atoms with Crippen LogP contribution in [0.3, 0.4) is 0 Å². The molecule has 0 bridgehead atoms. The third kappa shape index (κ3) is 3.43. The Balaban J connectivity index is 1.72. The second kappa shape index (κ2) is 7.43. The Morgan fingerprint density at radius 3 is 2.46 bits per heavy atom. The minimum Gasteiger partial charge on any atom is -0.467 e. The van der Waals surface area contributed by atoms with Crippen molar-refractivity contribution in [2.75, 3.05) is 18.6 Å². The molecule has 0 aromatic heterocycles. The van der Waals surface area contributed by atoms with Gasteiger partial charge in [0.25, 0.3) is 0 Å². The van der Waals surface area contributed by atoms with E-state index in [0.717, 1.165) is 19.3 Å². The summed E-state index contributed by atoms with van der Waals surface area (Å²) >= 11 is 0. The van der Waals surface area contributed by atoms with Crippen molar-refractivity contribution in [2.24, 2.45) is 5.92 Å². The first-order valence-corrected chi connectivity index (χ1v) is 8.94. The summed E-state index contributed by atoms with van der Waals surface area (Å²) in [5.41, 5.74) is -0.472. The molecule has 140 valence electrons. The van der Waals surface area contributed by atoms with E-state index >= 15 is 0 Å². The second-order valence-electron chi connectivity index (χ2n) is 6.93. The van der Waals surface area contributed by atoms with Crippen molar-refractivity contribution in [2.45, 2.75) is 44.1 Å². The number of benzene rings is 1. The summed E-state index contributed by atoms with van der Waals surface area (Å²) in [6, 6.07) is 5.60. The molecule has 1 N–H and O–H groups in total. The molecule has 0 spiro atoms. The number of nitrogens with zero attached hydrogens (tertiary/aromatic N) is 1. The van der Waals surface area contributed by atoms with Gasteiger partial charge in [-0.25, -0.2) is 9.18 Å². The predicted molar refractivity (Wildman–Crippen MR) is 92.8 cm³/mol. The van der Waals surface area contributed by atoms with E-state index < -0.39 is 23.3 Å². The van der Waals surface area contributed by atoms with Crippen molar-refractivity contribution < 1.29 is 23.5 Å². The van der Waals surface area contributed by atoms with Crippen LogP contribution in [0.2, 0.25) is 0 Å². The number of hydrogen-bond acceptors (Lipinski definition) is 4. The van der Waals surface area contributed by atoms with Crippen molar-refractivity contribution in [3.05, 3.63) is 30.1 Å². The molecule has 7 heteroatoms. The number of hydrogen-bond donors (Lipinski definition) is 1. The first-order valence-electron chi connectivity index (χ1n) is 8.94. The smallest absolute Gasteiger partial charge is 0.331 e. The maximum absolute atomic E-state index is 13.1. The Morgan fingerprint density at radius 2 is 1.85 bits per heavy atom. The zero-order valence-electron chi connectivity index (χ0n) is 14.8. The molecule has 2 aliphatic rings. The summed E-state index contributed by atoms with van der Waals surface area (Å²) < 4.78 is 18.0. The lowest BCUT2D eigenvalue weighted by atomic mass is 9.81. The summed E-state index contributed by atoms with van der Waals surface area (Å²) in [5, 5.41) is 2.82. The quantitative estimate of drug-likeness (QED) is 0.658. The number of halogens is 1. The number of methoxy groups -OCH3 is 1. The summed E-state index contributed by atoms with van der Waals surface area (Å²) in [6.07, 6.45) is 4.07. The number of anilines is 1. The molecule has 1 aromatic rings. The molecule has 1 atom stereocenters. The van der Waals surface area contributed by atoms with E-state index in [0.29, 0.717) is 31.5 Å². The molecule has 0 radical (unpaired) electrons. The SMILES string of the molecule is COC(=O)C1(NC(=O)C2CCN(c3ccc(F)cc3)C2=O)CCCCC1. The van der Waals surface area contributed by atoms with Gasteiger partial charge in [0.2, 0.25) is 11.8 Å². The Hall–Kier alpha value is -2.44. The molecular weight excluding hydrogens is 339 g/mol. The molecule has 2 fully saturated rings. The predicted octanol–water partition coefficient (Wildman–Crippen LogP) is 2.17. The van der Waals surface area contributed by atoms with E-state index in [1.165, 1.54) is 36.3 Å². The number of rotatable bonds is 4. The lowest BCUT2D eigenvalue weighted by Gasteiger charge is -2.35. The topological polar surface area (TPSA) is 75.7 Å². The molecule has 1 aliphatic heterocycles. The summed E-state index contributed by atoms with van der Waals surface area (Å²) in [7, 11) is 1.31. The van der Waals surface area contributed by atoms with Crippen LogP contribution in [-0.2, 0) is 19.1 Å². The van der Waals surface area contributed by atoms with Gasteiger partial charge in [0, 0.05) is 12.2 Å². The van der Waals surface area contributed by atoms with Gasteiger partial charge < -0.3 is 15.0 Å². The van der Waals surface area contributed by atoms with Gasteiger partial charge in [-0.3, -0.25) is 9.59 Å². The molecule has 1 heterocycles. The highest BCUT2D eigenvalue weighted by Crippen LogP contribution is 2.31. The number of esters is 1. The number of carbonyl (C=O) groups is 3. The Kier molecular flexibility index (Phi) is 5.25. The van der Waals surface area contributed by atoms with Crippen LogP contribution < -0.4 is 10.2 Å². The summed E-state index contributed by atoms with van der Waals surface area (Å²) in [4.78, 5) is 39.2. The Morgan fingerprint density at radius 1 is 1.19 bits per heavy atom. The van der Waals surface area contributed by atoms with Crippen LogP contribution in [0.15, 0.2) is 24.3 Å². The molecule has 1 saturated heterocycles. The van der Waals surface area contributed by atoms with Gasteiger partial charge in [-0.15, -0.1) is 0 Å². The van der Waals surface area contributed by atoms with Gasteiger partial charge in [0.1, 0.15) is 17.3 Å². The first kappa shape index (κ1) is 18.4. The molecule has 26 heavy (non-hydrogen) atoms. The number of carbonyl (C=O) groups excluding carboxylic acids is 3. The van der Waals surface area contributed by atoms with Crippen molar-refractivity contribution in [1.29, 1.82) is 0 Å². The number of ether oxygens (including phenoxy) is 1. The minimum absolute atomic E-state index is 0.329. The van der Waals surface area contributed by atoms with Crippen LogP contribution in [0, 0.1) is 11.7 Å². The Bertz CT molecular complexity index is 698. The van der Waals surface area contributed by atoms with Crippen LogP contribution in [0.5, 0.6) is 0 Å². The van der Waals surface area contributed by atoms with Crippen LogP contribution >= 0.6 is 0 Å². The van der Waals surface area contributed by atoms with Gasteiger partial charge in [-0.1, -0.05) is 19.3 Å². The number of amides is 2. The van der Waals surface area contributed by atoms with Crippen molar-refractivity contribution in [3.8, 4) is 0 Å². The van der Waals surface area contributed by atoms with E-state index in [4.69, 9.17) is 4.74 Å². The van der Waals surface area contributed by atoms with Crippen molar-refractivity contribution in [3.63, 3.8) is 0 Å². The lowest BCUT2D eigenvalue weighted by Crippen LogP contribution is -2.58. The molecular formula is C19H23FN2O4. The maximum Gasteiger partial charge on any atom is 0.331 e. The molecule has 2 amide bonds. The molecule has 3 rings (SSSR count). The highest BCUT2D eigenvalue weighted by Gasteiger charge is 2.46. The lowest BCUT2D eigenvalue weighted by molar-refractivity contribution is -0.153. The third-order valence-corrected chi connectivity index (χ3v) is 5.31. The van der Waals surface area contributed by atoms with Gasteiger partial charge in [0.15, 0.2) is 0 Å². The fourth-order valence-electron chi connectivity index (χ4n) is 3.85. The summed E-state index contributed by atoms with van der Waals surface area (Å²) in [5.74, 6) is -2.45. The Labute approximate surface area is 151 Å². The van der Waals surface area contributed by atoms with E-state index in [2.05, 4.69) is 5.32 Å². The van der Waals surface area contributed by atoms with Crippen molar-refractivity contribution >= 4 is 23.5 Å². The molecule has 1 saturated carbocycles. The van der Waals surface area contributed by atoms with E-state index in [-0.39, 0.29) is 11.7 Å². The summed E-state index contributed by atoms with van der Waals surface area (Å²) in [6.45, 7) is 0.383. The fourth-order valence-corrected chi connectivity index (χ4v) is 3.85. The third-order valence-electron chi connectivity index (χ3n) is 5.31. The average Bonchev–Trinajstić information content (AvgIpc) is 3.04. The van der Waals surface area contributed by atoms with Gasteiger partial charge in [0.05, 0.1) is 7.11 Å². The highest BCUT2D eigenvalue weighted by molar-refractivity contribution is 6.10. The largest absolute Gasteiger partial charge is 0.467 e. The maximum atomic E-state index is 13.1. The standard InChI is InChI=1S/C19H23FN2O4/c1-26-18(25)19(10-3-2-4-11-19)21-16(23)15-9-12-22(17(15)24)14-7-5-13(20)6-8-14/h5-8,15H,2-4,9-12H2,1H3,(H,21,23). The van der Waals surface area contributed by atoms with Gasteiger partial charge >= 0.3 is 5.97 Å². The molecule has 1 aromatic carbocycles. The van der Waals surface area contributed by atoms with Crippen molar-refractivity contribution in [1.82, 2.24) is 5.32 Å². The normalized spacial score (nSPS) is 22.2. The fraction of sp³-hybridized carbons (Fsp3) is 0.526. The molecule has 6 nitrogen and oxygen atoms in total. The zero-order chi connectivity index (χ0) is 18.7. The van der Waals surface area contributed by atoms with Crippen LogP contribution in [0.1, 0.15) is 38.5 Å².